The zero-order valence-corrected chi connectivity index (χ0v) is 20.7. The van der Waals surface area contributed by atoms with Gasteiger partial charge in [0.15, 0.2) is 11.4 Å². The smallest absolute Gasteiger partial charge is 0.411 e. The Balaban J connectivity index is 1.32. The van der Waals surface area contributed by atoms with Crippen molar-refractivity contribution in [3.05, 3.63) is 59.3 Å². The molecule has 4 amide bonds. The number of urea groups is 1. The number of allylic oxidation sites excluding steroid dienone is 2. The number of fused-ring (bicyclic) bond motifs is 2. The van der Waals surface area contributed by atoms with E-state index in [-0.39, 0.29) is 36.7 Å². The molecule has 0 radical (unpaired) electrons. The monoisotopic (exact) mass is 492 g/mol. The van der Waals surface area contributed by atoms with Gasteiger partial charge in [0, 0.05) is 37.3 Å². The first-order valence-electron chi connectivity index (χ1n) is 12.6. The minimum Gasteiger partial charge on any atom is -0.436 e. The number of carbonyl (C=O) groups excluding carboxylic acids is 4. The third-order valence-corrected chi connectivity index (χ3v) is 7.80. The number of hydrogen-bond donors (Lipinski definition) is 2. The van der Waals surface area contributed by atoms with Gasteiger partial charge in [-0.15, -0.1) is 0 Å². The van der Waals surface area contributed by atoms with Gasteiger partial charge in [-0.05, 0) is 55.7 Å². The third-order valence-electron chi connectivity index (χ3n) is 7.80. The molecule has 3 fully saturated rings. The van der Waals surface area contributed by atoms with E-state index < -0.39 is 17.7 Å². The Morgan fingerprint density at radius 1 is 1.17 bits per heavy atom. The number of nitrogens with one attached hydrogen (secondary N) is 2. The van der Waals surface area contributed by atoms with Crippen molar-refractivity contribution >= 4 is 23.8 Å². The van der Waals surface area contributed by atoms with Crippen LogP contribution in [0, 0.1) is 11.8 Å². The molecule has 0 bridgehead atoms. The third kappa shape index (κ3) is 4.62. The number of ether oxygens (including phenoxy) is 1. The molecule has 36 heavy (non-hydrogen) atoms. The lowest BCUT2D eigenvalue weighted by Gasteiger charge is -2.31. The summed E-state index contributed by atoms with van der Waals surface area (Å²) in [5, 5.41) is 5.10. The van der Waals surface area contributed by atoms with Crippen LogP contribution < -0.4 is 10.6 Å². The maximum Gasteiger partial charge on any atom is 0.411 e. The molecule has 1 aromatic carbocycles. The van der Waals surface area contributed by atoms with Crippen LogP contribution in [0.4, 0.5) is 9.59 Å². The molecule has 190 valence electrons. The normalized spacial score (nSPS) is 25.6. The van der Waals surface area contributed by atoms with Crippen LogP contribution in [-0.4, -0.2) is 65.4 Å². The first-order valence-corrected chi connectivity index (χ1v) is 12.6. The fraction of sp³-hybridized carbons (Fsp3) is 0.481. The highest BCUT2D eigenvalue weighted by atomic mass is 16.6. The van der Waals surface area contributed by atoms with Crippen molar-refractivity contribution < 1.29 is 23.9 Å². The molecule has 2 N–H and O–H groups in total. The highest BCUT2D eigenvalue weighted by molar-refractivity contribution is 5.98. The van der Waals surface area contributed by atoms with Crippen LogP contribution in [0.2, 0.25) is 0 Å². The predicted molar refractivity (Wildman–Crippen MR) is 131 cm³/mol. The van der Waals surface area contributed by atoms with E-state index in [1.54, 1.807) is 6.08 Å². The Hall–Kier alpha value is -3.62. The number of amides is 4. The summed E-state index contributed by atoms with van der Waals surface area (Å²) in [4.78, 5) is 54.3. The summed E-state index contributed by atoms with van der Waals surface area (Å²) in [6.45, 7) is 2.70. The molecule has 2 saturated carbocycles. The van der Waals surface area contributed by atoms with Gasteiger partial charge in [0.05, 0.1) is 6.54 Å². The summed E-state index contributed by atoms with van der Waals surface area (Å²) in [6.07, 6.45) is 5.88. The van der Waals surface area contributed by atoms with Crippen molar-refractivity contribution in [3.8, 4) is 0 Å². The summed E-state index contributed by atoms with van der Waals surface area (Å²) in [6, 6.07) is 9.52. The minimum atomic E-state index is -0.964. The van der Waals surface area contributed by atoms with E-state index >= 15 is 0 Å². The molecule has 1 aliphatic heterocycles. The fourth-order valence-electron chi connectivity index (χ4n) is 5.62. The molecule has 9 heteroatoms. The van der Waals surface area contributed by atoms with Gasteiger partial charge in [0.1, 0.15) is 6.54 Å². The van der Waals surface area contributed by atoms with Crippen LogP contribution >= 0.6 is 0 Å². The molecular formula is C27H32N4O5. The van der Waals surface area contributed by atoms with E-state index in [2.05, 4.69) is 17.6 Å². The van der Waals surface area contributed by atoms with Gasteiger partial charge in [0.25, 0.3) is 0 Å². The first kappa shape index (κ1) is 24.1. The van der Waals surface area contributed by atoms with Crippen LogP contribution in [0.1, 0.15) is 38.2 Å². The standard InChI is InChI=1S/C27H32N4O5/c1-17(19-8-9-19)31(14-18-6-4-3-5-7-18)24(33)15-30-16-27(36-26(30)35)11-10-21-22(27)12-20(13-23(21)32)29-25(34)28-2/h3-7,12-13,17,19,21H,8-11,14-16H2,1-2H3,(H2,28,29,34)/t17?,21?,27-/m1/s1. The second-order valence-electron chi connectivity index (χ2n) is 10.2. The minimum absolute atomic E-state index is 0.0739. The van der Waals surface area contributed by atoms with Crippen LogP contribution in [0.25, 0.3) is 0 Å². The van der Waals surface area contributed by atoms with Gasteiger partial charge < -0.3 is 20.3 Å². The van der Waals surface area contributed by atoms with Crippen LogP contribution in [-0.2, 0) is 20.9 Å². The van der Waals surface area contributed by atoms with E-state index in [1.807, 2.05) is 35.2 Å². The van der Waals surface area contributed by atoms with E-state index in [9.17, 15) is 19.2 Å². The molecule has 0 aromatic heterocycles. The van der Waals surface area contributed by atoms with Crippen molar-refractivity contribution in [1.29, 1.82) is 0 Å². The van der Waals surface area contributed by atoms with Gasteiger partial charge in [-0.3, -0.25) is 14.5 Å². The molecule has 1 aromatic rings. The lowest BCUT2D eigenvalue weighted by molar-refractivity contribution is -0.135. The molecule has 1 heterocycles. The van der Waals surface area contributed by atoms with Gasteiger partial charge in [-0.2, -0.15) is 0 Å². The molecular weight excluding hydrogens is 460 g/mol. The lowest BCUT2D eigenvalue weighted by Crippen LogP contribution is -2.46. The molecule has 3 atom stereocenters. The van der Waals surface area contributed by atoms with E-state index in [4.69, 9.17) is 4.74 Å². The number of benzene rings is 1. The first-order chi connectivity index (χ1) is 17.3. The highest BCUT2D eigenvalue weighted by Gasteiger charge is 2.56. The van der Waals surface area contributed by atoms with E-state index in [0.717, 1.165) is 18.4 Å². The zero-order valence-electron chi connectivity index (χ0n) is 20.7. The number of ketones is 1. The maximum atomic E-state index is 13.5. The molecule has 4 aliphatic rings. The predicted octanol–water partition coefficient (Wildman–Crippen LogP) is 2.74. The average molecular weight is 493 g/mol. The van der Waals surface area contributed by atoms with Crippen LogP contribution in [0.3, 0.4) is 0 Å². The zero-order chi connectivity index (χ0) is 25.4. The maximum absolute atomic E-state index is 13.5. The quantitative estimate of drug-likeness (QED) is 0.609. The lowest BCUT2D eigenvalue weighted by atomic mass is 9.86. The molecule has 3 aliphatic carbocycles. The molecule has 1 saturated heterocycles. The molecule has 9 nitrogen and oxygen atoms in total. The Morgan fingerprint density at radius 2 is 1.92 bits per heavy atom. The molecule has 2 unspecified atom stereocenters. The van der Waals surface area contributed by atoms with Gasteiger partial charge in [-0.1, -0.05) is 30.3 Å². The molecule has 5 rings (SSSR count). The Morgan fingerprint density at radius 3 is 2.61 bits per heavy atom. The summed E-state index contributed by atoms with van der Waals surface area (Å²) >= 11 is 0. The second-order valence-corrected chi connectivity index (χ2v) is 10.2. The fourth-order valence-corrected chi connectivity index (χ4v) is 5.62. The number of hydrogen-bond acceptors (Lipinski definition) is 5. The average Bonchev–Trinajstić information content (AvgIpc) is 3.59. The SMILES string of the molecule is CNC(=O)NC1=CC(=O)C2CC[C@@]3(CN(CC(=O)N(Cc4ccccc4)C(C)C4CC4)C(=O)O3)C2=C1. The van der Waals surface area contributed by atoms with Crippen molar-refractivity contribution in [2.45, 2.75) is 50.8 Å². The summed E-state index contributed by atoms with van der Waals surface area (Å²) in [7, 11) is 1.49. The largest absolute Gasteiger partial charge is 0.436 e. The summed E-state index contributed by atoms with van der Waals surface area (Å²) in [5.74, 6) is -0.124. The Kier molecular flexibility index (Phi) is 6.32. The van der Waals surface area contributed by atoms with E-state index in [0.29, 0.717) is 36.6 Å². The molecule has 1 spiro atoms. The topological polar surface area (TPSA) is 108 Å². The van der Waals surface area contributed by atoms with Gasteiger partial charge in [-0.25, -0.2) is 9.59 Å². The van der Waals surface area contributed by atoms with Crippen LogP contribution in [0.15, 0.2) is 53.8 Å². The summed E-state index contributed by atoms with van der Waals surface area (Å²) in [5.41, 5.74) is 1.14. The van der Waals surface area contributed by atoms with Crippen molar-refractivity contribution in [2.75, 3.05) is 20.1 Å². The number of carbonyl (C=O) groups is 4. The van der Waals surface area contributed by atoms with Crippen molar-refractivity contribution in [3.63, 3.8) is 0 Å². The highest BCUT2D eigenvalue weighted by Crippen LogP contribution is 2.48. The van der Waals surface area contributed by atoms with Gasteiger partial charge in [0.2, 0.25) is 5.91 Å². The van der Waals surface area contributed by atoms with E-state index in [1.165, 1.54) is 18.0 Å². The summed E-state index contributed by atoms with van der Waals surface area (Å²) < 4.78 is 5.88. The second kappa shape index (κ2) is 9.44. The Labute approximate surface area is 210 Å². The van der Waals surface area contributed by atoms with Gasteiger partial charge >= 0.3 is 12.1 Å². The van der Waals surface area contributed by atoms with Crippen molar-refractivity contribution in [1.82, 2.24) is 20.4 Å². The van der Waals surface area contributed by atoms with Crippen LogP contribution in [0.5, 0.6) is 0 Å². The number of rotatable bonds is 7. The van der Waals surface area contributed by atoms with Crippen molar-refractivity contribution in [2.24, 2.45) is 11.8 Å². The Bertz CT molecular complexity index is 1140. The number of nitrogens with zero attached hydrogens (tertiary/aromatic N) is 2.